The van der Waals surface area contributed by atoms with Crippen LogP contribution in [0.2, 0.25) is 0 Å². The van der Waals surface area contributed by atoms with Crippen molar-refractivity contribution < 1.29 is 4.79 Å². The second-order valence-corrected chi connectivity index (χ2v) is 12.2. The van der Waals surface area contributed by atoms with Gasteiger partial charge in [0.15, 0.2) is 0 Å². The Balaban J connectivity index is 1.07. The van der Waals surface area contributed by atoms with Gasteiger partial charge >= 0.3 is 6.03 Å². The van der Waals surface area contributed by atoms with Crippen molar-refractivity contribution in [3.8, 4) is 28.5 Å². The molecule has 7 rings (SSSR count). The largest absolute Gasteiger partial charge is 0.351 e. The number of nitrogens with one attached hydrogen (secondary N) is 2. The monoisotopic (exact) mass is 636 g/mol. The van der Waals surface area contributed by atoms with Crippen LogP contribution in [0, 0.1) is 11.3 Å². The van der Waals surface area contributed by atoms with Crippen molar-refractivity contribution >= 4 is 28.7 Å². The third-order valence-corrected chi connectivity index (χ3v) is 8.99. The van der Waals surface area contributed by atoms with Crippen molar-refractivity contribution in [1.82, 2.24) is 34.6 Å². The number of carbonyl (C=O) groups excluding carboxylic acids is 1. The van der Waals surface area contributed by atoms with Gasteiger partial charge in [-0.3, -0.25) is 9.58 Å². The molecule has 11 nitrogen and oxygen atoms in total. The maximum atomic E-state index is 13.8. The predicted octanol–water partition coefficient (Wildman–Crippen LogP) is 6.44. The number of benzene rings is 3. The number of aromatic nitrogens is 6. The lowest BCUT2D eigenvalue weighted by Gasteiger charge is -2.37. The van der Waals surface area contributed by atoms with Gasteiger partial charge in [0.1, 0.15) is 6.07 Å². The Hall–Kier alpha value is -6.02. The van der Waals surface area contributed by atoms with E-state index in [9.17, 15) is 10.1 Å². The molecule has 0 unspecified atom stereocenters. The molecule has 3 aromatic heterocycles. The molecule has 0 atom stereocenters. The van der Waals surface area contributed by atoms with Crippen LogP contribution < -0.4 is 15.5 Å². The number of hydrogen-bond donors (Lipinski definition) is 2. The summed E-state index contributed by atoms with van der Waals surface area (Å²) in [6.07, 6.45) is 10.4. The Morgan fingerprint density at radius 2 is 1.71 bits per heavy atom. The van der Waals surface area contributed by atoms with E-state index in [2.05, 4.69) is 31.8 Å². The molecular formula is C37H36N10O. The molecule has 11 heteroatoms. The molecule has 3 aromatic carbocycles. The first-order valence-electron chi connectivity index (χ1n) is 16.1. The highest BCUT2D eigenvalue weighted by atomic mass is 16.2. The van der Waals surface area contributed by atoms with E-state index in [0.29, 0.717) is 23.8 Å². The van der Waals surface area contributed by atoms with Gasteiger partial charge in [-0.1, -0.05) is 48.5 Å². The minimum atomic E-state index is -0.116. The molecule has 0 radical (unpaired) electrons. The fourth-order valence-corrected chi connectivity index (χ4v) is 6.43. The maximum absolute atomic E-state index is 13.8. The third kappa shape index (κ3) is 6.46. The molecule has 1 saturated carbocycles. The quantitative estimate of drug-likeness (QED) is 0.197. The molecule has 6 aromatic rings. The van der Waals surface area contributed by atoms with Gasteiger partial charge in [0.25, 0.3) is 0 Å². The van der Waals surface area contributed by atoms with Crippen LogP contribution >= 0.6 is 0 Å². The van der Waals surface area contributed by atoms with Crippen molar-refractivity contribution in [2.75, 3.05) is 10.2 Å². The van der Waals surface area contributed by atoms with E-state index in [1.807, 2.05) is 109 Å². The summed E-state index contributed by atoms with van der Waals surface area (Å²) in [6.45, 7) is 0.451. The molecule has 48 heavy (non-hydrogen) atoms. The first-order valence-corrected chi connectivity index (χ1v) is 16.1. The highest BCUT2D eigenvalue weighted by Crippen LogP contribution is 2.32. The molecule has 1 fully saturated rings. The SMILES string of the molecule is Cn1cc(-c2ccc(N(C(=O)NCc3ccccc3)[C@H]3CC[C@H](Nc4ncc(C#N)c(-c5ccc6c(c5)ncn6C)n4)CC3)cc2)cn1. The van der Waals surface area contributed by atoms with Crippen molar-refractivity contribution in [2.45, 2.75) is 44.3 Å². The van der Waals surface area contributed by atoms with Gasteiger partial charge in [0.05, 0.1) is 41.0 Å². The van der Waals surface area contributed by atoms with Crippen LogP contribution in [0.4, 0.5) is 16.4 Å². The number of nitrogens with zero attached hydrogens (tertiary/aromatic N) is 8. The number of urea groups is 1. The molecule has 0 bridgehead atoms. The summed E-state index contributed by atoms with van der Waals surface area (Å²) in [6, 6.07) is 26.2. The summed E-state index contributed by atoms with van der Waals surface area (Å²) >= 11 is 0. The number of aryl methyl sites for hydroxylation is 2. The Labute approximate surface area is 278 Å². The second-order valence-electron chi connectivity index (χ2n) is 12.2. The Kier molecular flexibility index (Phi) is 8.53. The summed E-state index contributed by atoms with van der Waals surface area (Å²) in [5, 5.41) is 20.7. The van der Waals surface area contributed by atoms with E-state index in [4.69, 9.17) is 4.98 Å². The lowest BCUT2D eigenvalue weighted by Crippen LogP contribution is -2.48. The molecule has 0 spiro atoms. The molecule has 240 valence electrons. The number of carbonyl (C=O) groups is 1. The van der Waals surface area contributed by atoms with Crippen LogP contribution in [0.15, 0.2) is 97.7 Å². The van der Waals surface area contributed by atoms with Gasteiger partial charge in [-0.05, 0) is 61.1 Å². The first-order chi connectivity index (χ1) is 23.4. The van der Waals surface area contributed by atoms with Crippen LogP contribution in [-0.4, -0.2) is 47.4 Å². The minimum absolute atomic E-state index is 0.0191. The van der Waals surface area contributed by atoms with Gasteiger partial charge in [-0.25, -0.2) is 19.7 Å². The van der Waals surface area contributed by atoms with Crippen LogP contribution in [0.25, 0.3) is 33.4 Å². The molecule has 3 heterocycles. The highest BCUT2D eigenvalue weighted by Gasteiger charge is 2.30. The Morgan fingerprint density at radius 1 is 0.938 bits per heavy atom. The van der Waals surface area contributed by atoms with E-state index in [-0.39, 0.29) is 18.1 Å². The Morgan fingerprint density at radius 3 is 2.44 bits per heavy atom. The fourth-order valence-electron chi connectivity index (χ4n) is 6.43. The number of fused-ring (bicyclic) bond motifs is 1. The lowest BCUT2D eigenvalue weighted by atomic mass is 9.90. The number of nitriles is 1. The molecule has 1 aliphatic rings. The molecule has 1 aliphatic carbocycles. The number of anilines is 2. The molecule has 2 N–H and O–H groups in total. The van der Waals surface area contributed by atoms with Crippen LogP contribution in [-0.2, 0) is 20.6 Å². The summed E-state index contributed by atoms with van der Waals surface area (Å²) in [4.78, 5) is 29.4. The van der Waals surface area contributed by atoms with Gasteiger partial charge in [0.2, 0.25) is 5.95 Å². The highest BCUT2D eigenvalue weighted by molar-refractivity contribution is 5.93. The predicted molar refractivity (Wildman–Crippen MR) is 186 cm³/mol. The second kappa shape index (κ2) is 13.4. The fraction of sp³-hybridized carbons (Fsp3) is 0.243. The van der Waals surface area contributed by atoms with E-state index in [1.54, 1.807) is 17.2 Å². The van der Waals surface area contributed by atoms with E-state index in [1.165, 1.54) is 0 Å². The molecule has 0 saturated heterocycles. The first kappa shape index (κ1) is 30.6. The van der Waals surface area contributed by atoms with Gasteiger partial charge in [0, 0.05) is 55.7 Å². The van der Waals surface area contributed by atoms with E-state index < -0.39 is 0 Å². The molecule has 0 aliphatic heterocycles. The average molecular weight is 637 g/mol. The molecular weight excluding hydrogens is 600 g/mol. The lowest BCUT2D eigenvalue weighted by molar-refractivity contribution is 0.240. The standard InChI is InChI=1S/C37H36N10O/c1-45-24-41-33-18-27(10-17-34(33)45)35-28(19-38)21-39-36(44-35)43-30-11-15-32(16-12-30)47(37(48)40-20-25-6-4-3-5-7-25)31-13-8-26(9-14-31)29-22-42-46(2)23-29/h3-10,13-14,17-18,21-24,30,32H,11-12,15-16,20H2,1-2H3,(H,40,48)(H,39,43,44)/t30-,32-. The number of hydrogen-bond acceptors (Lipinski definition) is 7. The maximum Gasteiger partial charge on any atom is 0.322 e. The Bertz CT molecular complexity index is 2090. The van der Waals surface area contributed by atoms with Crippen LogP contribution in [0.3, 0.4) is 0 Å². The minimum Gasteiger partial charge on any atom is -0.351 e. The van der Waals surface area contributed by atoms with Crippen molar-refractivity contribution in [1.29, 1.82) is 5.26 Å². The van der Waals surface area contributed by atoms with Crippen molar-refractivity contribution in [3.63, 3.8) is 0 Å². The third-order valence-electron chi connectivity index (χ3n) is 8.99. The topological polar surface area (TPSA) is 130 Å². The summed E-state index contributed by atoms with van der Waals surface area (Å²) in [5.41, 5.74) is 7.63. The van der Waals surface area contributed by atoms with Crippen LogP contribution in [0.1, 0.15) is 36.8 Å². The zero-order chi connectivity index (χ0) is 33.0. The zero-order valence-electron chi connectivity index (χ0n) is 26.9. The summed E-state index contributed by atoms with van der Waals surface area (Å²) in [5.74, 6) is 0.483. The zero-order valence-corrected chi connectivity index (χ0v) is 26.9. The smallest absolute Gasteiger partial charge is 0.322 e. The van der Waals surface area contributed by atoms with Gasteiger partial charge < -0.3 is 15.2 Å². The van der Waals surface area contributed by atoms with Crippen LogP contribution in [0.5, 0.6) is 0 Å². The molecule has 2 amide bonds. The number of imidazole rings is 1. The van der Waals surface area contributed by atoms with Gasteiger partial charge in [-0.15, -0.1) is 0 Å². The van der Waals surface area contributed by atoms with E-state index in [0.717, 1.165) is 64.7 Å². The van der Waals surface area contributed by atoms with Gasteiger partial charge in [-0.2, -0.15) is 10.4 Å². The summed E-state index contributed by atoms with van der Waals surface area (Å²) < 4.78 is 3.74. The van der Waals surface area contributed by atoms with Crippen molar-refractivity contribution in [2.24, 2.45) is 14.1 Å². The average Bonchev–Trinajstić information content (AvgIpc) is 3.73. The van der Waals surface area contributed by atoms with Crippen molar-refractivity contribution in [3.05, 3.63) is 109 Å². The number of amides is 2. The summed E-state index contributed by atoms with van der Waals surface area (Å²) in [7, 11) is 3.85. The van der Waals surface area contributed by atoms with E-state index >= 15 is 0 Å². The normalized spacial score (nSPS) is 15.9. The number of rotatable bonds is 8.